The zero-order valence-corrected chi connectivity index (χ0v) is 41.6. The molecular formula is C42H64N12O24. The Morgan fingerprint density at radius 1 is 0.308 bits per heavy atom. The van der Waals surface area contributed by atoms with Crippen LogP contribution < -0.4 is 65.1 Å². The molecule has 0 heterocycles. The molecule has 0 fully saturated rings. The molecule has 12 amide bonds. The van der Waals surface area contributed by atoms with Crippen molar-refractivity contribution in [3.63, 3.8) is 0 Å². The van der Waals surface area contributed by atoms with Crippen LogP contribution in [-0.2, 0) is 81.5 Å². The molecule has 78 heavy (non-hydrogen) atoms. The largest absolute Gasteiger partial charge is 0.481 e. The average Bonchev–Trinajstić information content (AvgIpc) is 3.33. The fourth-order valence-corrected chi connectivity index (χ4v) is 6.47. The molecule has 36 heteroatoms. The second-order valence-corrected chi connectivity index (χ2v) is 16.8. The minimum Gasteiger partial charge on any atom is -0.481 e. The molecule has 0 spiro atoms. The van der Waals surface area contributed by atoms with Crippen LogP contribution in [0, 0.1) is 0 Å². The summed E-state index contributed by atoms with van der Waals surface area (Å²) in [5, 5.41) is 84.9. The van der Waals surface area contributed by atoms with Crippen molar-refractivity contribution in [3.8, 4) is 0 Å². The molecule has 9 atom stereocenters. The third-order valence-corrected chi connectivity index (χ3v) is 10.5. The highest BCUT2D eigenvalue weighted by Crippen LogP contribution is 2.09. The number of nitrogens with two attached hydrogens (primary N) is 3. The van der Waals surface area contributed by atoms with Crippen LogP contribution in [0.2, 0.25) is 0 Å². The second-order valence-electron chi connectivity index (χ2n) is 16.8. The topological polar surface area (TPSA) is 618 Å². The smallest absolute Gasteiger partial charge is 0.305 e. The highest BCUT2D eigenvalue weighted by atomic mass is 16.4. The quantitative estimate of drug-likeness (QED) is 0.0271. The first-order chi connectivity index (χ1) is 36.3. The van der Waals surface area contributed by atoms with Gasteiger partial charge in [-0.05, 0) is 38.5 Å². The van der Waals surface area contributed by atoms with Crippen LogP contribution in [0.1, 0.15) is 90.4 Å². The Morgan fingerprint density at radius 3 is 0.769 bits per heavy atom. The number of carbonyl (C=O) groups is 17. The number of aliphatic carboxylic acids is 5. The van der Waals surface area contributed by atoms with Gasteiger partial charge in [0.1, 0.15) is 54.4 Å². The van der Waals surface area contributed by atoms with Crippen LogP contribution in [0.25, 0.3) is 0 Å². The van der Waals surface area contributed by atoms with Gasteiger partial charge in [-0.1, -0.05) is 0 Å². The van der Waals surface area contributed by atoms with Gasteiger partial charge in [0, 0.05) is 45.4 Å². The van der Waals surface area contributed by atoms with Crippen molar-refractivity contribution >= 4 is 101 Å². The van der Waals surface area contributed by atoms with Gasteiger partial charge in [-0.2, -0.15) is 0 Å². The molecular weight excluding hydrogens is 1060 g/mol. The Bertz CT molecular complexity index is 2260. The number of aliphatic hydroxyl groups excluding tert-OH is 2. The summed E-state index contributed by atoms with van der Waals surface area (Å²) in [5.74, 6) is -23.0. The van der Waals surface area contributed by atoms with E-state index >= 15 is 0 Å². The van der Waals surface area contributed by atoms with Gasteiger partial charge >= 0.3 is 29.8 Å². The predicted molar refractivity (Wildman–Crippen MR) is 253 cm³/mol. The van der Waals surface area contributed by atoms with Crippen molar-refractivity contribution in [2.24, 2.45) is 17.2 Å². The first-order valence-electron chi connectivity index (χ1n) is 23.2. The lowest BCUT2D eigenvalue weighted by atomic mass is 10.0. The first kappa shape index (κ1) is 68.9. The number of aliphatic hydroxyl groups is 2. The predicted octanol–water partition coefficient (Wildman–Crippen LogP) is -9.70. The average molecular weight is 1120 g/mol. The molecule has 0 aliphatic heterocycles. The maximum Gasteiger partial charge on any atom is 0.305 e. The lowest BCUT2D eigenvalue weighted by Crippen LogP contribution is -2.61. The van der Waals surface area contributed by atoms with Crippen LogP contribution in [0.3, 0.4) is 0 Å². The molecule has 0 unspecified atom stereocenters. The van der Waals surface area contributed by atoms with E-state index in [4.69, 9.17) is 17.2 Å². The summed E-state index contributed by atoms with van der Waals surface area (Å²) in [7, 11) is 0. The van der Waals surface area contributed by atoms with Crippen molar-refractivity contribution in [1.82, 2.24) is 47.9 Å². The molecule has 36 nitrogen and oxygen atoms in total. The monoisotopic (exact) mass is 1120 g/mol. The van der Waals surface area contributed by atoms with Crippen LogP contribution >= 0.6 is 0 Å². The summed E-state index contributed by atoms with van der Waals surface area (Å²) in [5.41, 5.74) is 15.6. The van der Waals surface area contributed by atoms with E-state index in [-0.39, 0.29) is 0 Å². The standard InChI is InChI=1S/C42H64N12O24/c1-17(57)46-25(15-55)41(77)51-23(7-13-32(66)67)38(74)53-24(14-33(68)69)40(76)50-19(3-9-28(44)59)39(75)54-26(16-56)42(78)52-22(6-12-31(64)65)37(73)49-21(5-11-30(62)63)36(72)48-20(4-10-29(60)61)35(71)47-18(34(45)70)2-8-27(43)58/h18-26,55-56H,2-16H2,1H3,(H2,43,58)(H2,44,59)(H2,45,70)(H,46,57)(H,47,71)(H,48,72)(H,49,73)(H,50,76)(H,51,77)(H,52,78)(H,53,74)(H,54,75)(H,60,61)(H,62,63)(H,64,65)(H,66,67)(H,68,69)/t18-,19-,20-,21-,22-,23-,24-,25-,26-/m1/s1. The van der Waals surface area contributed by atoms with Crippen molar-refractivity contribution in [2.75, 3.05) is 13.2 Å². The molecule has 0 aliphatic rings. The molecule has 0 saturated carbocycles. The third kappa shape index (κ3) is 28.5. The molecule has 0 aromatic heterocycles. The summed E-state index contributed by atoms with van der Waals surface area (Å²) in [4.78, 5) is 212. The van der Waals surface area contributed by atoms with E-state index in [2.05, 4.69) is 26.6 Å². The van der Waals surface area contributed by atoms with Gasteiger partial charge in [0.25, 0.3) is 0 Å². The number of primary amides is 3. The second kappa shape index (κ2) is 35.2. The molecule has 22 N–H and O–H groups in total. The molecule has 436 valence electrons. The Morgan fingerprint density at radius 2 is 0.526 bits per heavy atom. The first-order valence-corrected chi connectivity index (χ1v) is 23.2. The van der Waals surface area contributed by atoms with Crippen molar-refractivity contribution in [3.05, 3.63) is 0 Å². The minimum atomic E-state index is -2.18. The van der Waals surface area contributed by atoms with Crippen molar-refractivity contribution < 1.29 is 117 Å². The van der Waals surface area contributed by atoms with E-state index in [1.54, 1.807) is 0 Å². The number of hydrogen-bond donors (Lipinski definition) is 19. The number of carboxylic acids is 5. The van der Waals surface area contributed by atoms with E-state index in [1.807, 2.05) is 21.3 Å². The number of rotatable bonds is 40. The zero-order chi connectivity index (χ0) is 60.0. The summed E-state index contributed by atoms with van der Waals surface area (Å²) in [6.45, 7) is -1.39. The Labute approximate surface area is 440 Å². The zero-order valence-electron chi connectivity index (χ0n) is 41.6. The molecule has 0 radical (unpaired) electrons. The van der Waals surface area contributed by atoms with Gasteiger partial charge in [-0.15, -0.1) is 0 Å². The van der Waals surface area contributed by atoms with Gasteiger partial charge in [0.2, 0.25) is 70.9 Å². The van der Waals surface area contributed by atoms with Crippen molar-refractivity contribution in [2.45, 2.75) is 145 Å². The fourth-order valence-electron chi connectivity index (χ4n) is 6.47. The van der Waals surface area contributed by atoms with Gasteiger partial charge in [0.15, 0.2) is 0 Å². The fraction of sp³-hybridized carbons (Fsp3) is 0.595. The van der Waals surface area contributed by atoms with Crippen LogP contribution in [0.15, 0.2) is 0 Å². The number of amides is 12. The van der Waals surface area contributed by atoms with Gasteiger partial charge in [0.05, 0.1) is 19.6 Å². The highest BCUT2D eigenvalue weighted by molar-refractivity contribution is 5.99. The lowest BCUT2D eigenvalue weighted by Gasteiger charge is -2.27. The van der Waals surface area contributed by atoms with Gasteiger partial charge in [-0.25, -0.2) is 0 Å². The van der Waals surface area contributed by atoms with Crippen LogP contribution in [0.4, 0.5) is 0 Å². The van der Waals surface area contributed by atoms with E-state index in [0.717, 1.165) is 6.92 Å². The normalized spacial score (nSPS) is 14.1. The number of carbonyl (C=O) groups excluding carboxylic acids is 12. The van der Waals surface area contributed by atoms with E-state index in [1.165, 1.54) is 0 Å². The molecule has 0 aromatic carbocycles. The molecule has 0 aliphatic carbocycles. The maximum atomic E-state index is 13.7. The van der Waals surface area contributed by atoms with Gasteiger partial charge in [-0.3, -0.25) is 81.5 Å². The van der Waals surface area contributed by atoms with Crippen LogP contribution in [-0.4, -0.2) is 204 Å². The molecule has 0 saturated heterocycles. The summed E-state index contributed by atoms with van der Waals surface area (Å²) >= 11 is 0. The Kier molecular flexibility index (Phi) is 31.1. The number of carboxylic acid groups (broad SMARTS) is 5. The summed E-state index contributed by atoms with van der Waals surface area (Å²) < 4.78 is 0. The maximum absolute atomic E-state index is 13.7. The Hall–Kier alpha value is -9.09. The summed E-state index contributed by atoms with van der Waals surface area (Å²) in [6.07, 6.45) is -10.1. The highest BCUT2D eigenvalue weighted by Gasteiger charge is 2.36. The minimum absolute atomic E-state index is 0.427. The van der Waals surface area contributed by atoms with Gasteiger partial charge < -0.3 is 101 Å². The SMILES string of the molecule is CC(=O)N[C@H](CO)C(=O)N[C@H](CCC(=O)O)C(=O)N[C@H](CC(=O)O)C(=O)N[C@H](CCC(N)=O)C(=O)N[C@H](CO)C(=O)N[C@H](CCC(=O)O)C(=O)N[C@H](CCC(=O)O)C(=O)N[C@H](CCC(=O)O)C(=O)N[C@H](CCC(N)=O)C(N)=O. The lowest BCUT2D eigenvalue weighted by molar-refractivity contribution is -0.142. The summed E-state index contributed by atoms with van der Waals surface area (Å²) in [6, 6.07) is -17.3. The third-order valence-electron chi connectivity index (χ3n) is 10.5. The van der Waals surface area contributed by atoms with Crippen molar-refractivity contribution in [1.29, 1.82) is 0 Å². The number of nitrogens with one attached hydrogen (secondary N) is 9. The molecule has 0 rings (SSSR count). The molecule has 0 bridgehead atoms. The Balaban J connectivity index is 6.80. The van der Waals surface area contributed by atoms with E-state index in [0.29, 0.717) is 0 Å². The van der Waals surface area contributed by atoms with E-state index in [9.17, 15) is 117 Å². The van der Waals surface area contributed by atoms with Crippen LogP contribution in [0.5, 0.6) is 0 Å². The van der Waals surface area contributed by atoms with E-state index < -0.39 is 252 Å². The number of hydrogen-bond acceptors (Lipinski definition) is 19. The molecule has 0 aromatic rings.